The summed E-state index contributed by atoms with van der Waals surface area (Å²) in [6.45, 7) is 2.68. The van der Waals surface area contributed by atoms with E-state index in [1.807, 2.05) is 6.07 Å². The van der Waals surface area contributed by atoms with E-state index in [9.17, 15) is 10.1 Å². The fraction of sp³-hybridized carbons (Fsp3) is 0.500. The molecule has 18 heavy (non-hydrogen) atoms. The second-order valence-corrected chi connectivity index (χ2v) is 5.37. The normalized spacial score (nSPS) is 20.2. The first-order chi connectivity index (χ1) is 8.61. The van der Waals surface area contributed by atoms with Crippen molar-refractivity contribution < 1.29 is 10.0 Å². The number of halogens is 1. The summed E-state index contributed by atoms with van der Waals surface area (Å²) in [6.07, 6.45) is 0.989. The molecule has 0 saturated carbocycles. The Morgan fingerprint density at radius 2 is 2.33 bits per heavy atom. The molecule has 0 radical (unpaired) electrons. The average molecular weight is 315 g/mol. The summed E-state index contributed by atoms with van der Waals surface area (Å²) in [6, 6.07) is 5.09. The van der Waals surface area contributed by atoms with Gasteiger partial charge in [0, 0.05) is 25.8 Å². The lowest BCUT2D eigenvalue weighted by Gasteiger charge is -2.16. The van der Waals surface area contributed by atoms with Crippen LogP contribution in [0.1, 0.15) is 12.0 Å². The molecule has 6 heteroatoms. The van der Waals surface area contributed by atoms with E-state index in [4.69, 9.17) is 5.11 Å². The minimum Gasteiger partial charge on any atom is -0.396 e. The summed E-state index contributed by atoms with van der Waals surface area (Å²) >= 11 is 3.30. The molecule has 1 aliphatic rings. The lowest BCUT2D eigenvalue weighted by Crippen LogP contribution is -2.21. The number of nitrogens with zero attached hydrogens (tertiary/aromatic N) is 2. The third-order valence-corrected chi connectivity index (χ3v) is 4.19. The van der Waals surface area contributed by atoms with Gasteiger partial charge in [-0.05, 0) is 40.4 Å². The lowest BCUT2D eigenvalue weighted by atomic mass is 10.1. The first kappa shape index (κ1) is 13.5. The number of benzene rings is 1. The van der Waals surface area contributed by atoms with E-state index < -0.39 is 0 Å². The number of likely N-dealkylation sites (tertiary alicyclic amines) is 1. The van der Waals surface area contributed by atoms with Gasteiger partial charge in [0.1, 0.15) is 0 Å². The number of nitro benzene ring substituents is 1. The predicted molar refractivity (Wildman–Crippen MR) is 71.3 cm³/mol. The van der Waals surface area contributed by atoms with Gasteiger partial charge >= 0.3 is 0 Å². The first-order valence-electron chi connectivity index (χ1n) is 5.86. The van der Waals surface area contributed by atoms with Crippen LogP contribution in [0.2, 0.25) is 0 Å². The molecule has 0 amide bonds. The molecule has 1 aliphatic heterocycles. The summed E-state index contributed by atoms with van der Waals surface area (Å²) in [7, 11) is 0. The predicted octanol–water partition coefficient (Wildman–Crippen LogP) is 2.17. The maximum absolute atomic E-state index is 10.8. The highest BCUT2D eigenvalue weighted by atomic mass is 79.9. The van der Waals surface area contributed by atoms with E-state index in [0.29, 0.717) is 16.9 Å². The Labute approximate surface area is 114 Å². The molecular formula is C12H15BrN2O3. The van der Waals surface area contributed by atoms with Gasteiger partial charge < -0.3 is 5.11 Å². The van der Waals surface area contributed by atoms with Crippen molar-refractivity contribution in [2.75, 3.05) is 19.7 Å². The second kappa shape index (κ2) is 5.77. The van der Waals surface area contributed by atoms with Gasteiger partial charge in [0.05, 0.1) is 9.40 Å². The molecule has 1 N–H and O–H groups in total. The number of hydrogen-bond donors (Lipinski definition) is 1. The summed E-state index contributed by atoms with van der Waals surface area (Å²) in [5.74, 6) is 0.336. The largest absolute Gasteiger partial charge is 0.396 e. The van der Waals surface area contributed by atoms with Crippen LogP contribution in [0, 0.1) is 16.0 Å². The molecule has 1 fully saturated rings. The van der Waals surface area contributed by atoms with Crippen molar-refractivity contribution in [3.8, 4) is 0 Å². The Morgan fingerprint density at radius 1 is 1.56 bits per heavy atom. The molecule has 5 nitrogen and oxygen atoms in total. The Hall–Kier alpha value is -0.980. The van der Waals surface area contributed by atoms with Crippen molar-refractivity contribution in [2.24, 2.45) is 5.92 Å². The van der Waals surface area contributed by atoms with Crippen LogP contribution in [0.3, 0.4) is 0 Å². The molecular weight excluding hydrogens is 300 g/mol. The maximum atomic E-state index is 10.8. The maximum Gasteiger partial charge on any atom is 0.283 e. The number of hydrogen-bond acceptors (Lipinski definition) is 4. The Kier molecular flexibility index (Phi) is 4.31. The highest BCUT2D eigenvalue weighted by Crippen LogP contribution is 2.30. The van der Waals surface area contributed by atoms with Gasteiger partial charge in [-0.15, -0.1) is 0 Å². The molecule has 1 saturated heterocycles. The molecule has 1 heterocycles. The molecule has 0 spiro atoms. The van der Waals surface area contributed by atoms with Crippen molar-refractivity contribution in [3.05, 3.63) is 38.3 Å². The molecule has 1 aromatic rings. The Balaban J connectivity index is 2.10. The van der Waals surface area contributed by atoms with Gasteiger partial charge in [0.25, 0.3) is 5.69 Å². The third kappa shape index (κ3) is 2.88. The van der Waals surface area contributed by atoms with Crippen LogP contribution in [0.25, 0.3) is 0 Å². The van der Waals surface area contributed by atoms with Gasteiger partial charge in [0.2, 0.25) is 0 Å². The second-order valence-electron chi connectivity index (χ2n) is 4.58. The smallest absolute Gasteiger partial charge is 0.283 e. The zero-order valence-electron chi connectivity index (χ0n) is 9.88. The molecule has 0 bridgehead atoms. The highest BCUT2D eigenvalue weighted by Gasteiger charge is 2.23. The van der Waals surface area contributed by atoms with E-state index in [-0.39, 0.29) is 17.2 Å². The monoisotopic (exact) mass is 314 g/mol. The molecule has 0 aliphatic carbocycles. The molecule has 1 aromatic carbocycles. The van der Waals surface area contributed by atoms with E-state index in [1.165, 1.54) is 6.07 Å². The summed E-state index contributed by atoms with van der Waals surface area (Å²) in [5, 5.41) is 19.9. The van der Waals surface area contributed by atoms with Crippen molar-refractivity contribution in [1.82, 2.24) is 4.90 Å². The SMILES string of the molecule is O=[N+]([O-])c1cccc(CN2CCC(CO)C2)c1Br. The minimum atomic E-state index is -0.381. The van der Waals surface area contributed by atoms with Crippen molar-refractivity contribution in [3.63, 3.8) is 0 Å². The van der Waals surface area contributed by atoms with Crippen LogP contribution in [0.4, 0.5) is 5.69 Å². The van der Waals surface area contributed by atoms with Gasteiger partial charge in [-0.25, -0.2) is 0 Å². The minimum absolute atomic E-state index is 0.102. The number of nitro groups is 1. The summed E-state index contributed by atoms with van der Waals surface area (Å²) in [4.78, 5) is 12.7. The average Bonchev–Trinajstić information content (AvgIpc) is 2.79. The Bertz CT molecular complexity index is 453. The van der Waals surface area contributed by atoms with E-state index in [2.05, 4.69) is 20.8 Å². The molecule has 98 valence electrons. The molecule has 1 unspecified atom stereocenters. The van der Waals surface area contributed by atoms with Crippen molar-refractivity contribution in [1.29, 1.82) is 0 Å². The fourth-order valence-electron chi connectivity index (χ4n) is 2.28. The summed E-state index contributed by atoms with van der Waals surface area (Å²) in [5.41, 5.74) is 1.02. The van der Waals surface area contributed by atoms with Crippen molar-refractivity contribution >= 4 is 21.6 Å². The van der Waals surface area contributed by atoms with Crippen LogP contribution in [0.15, 0.2) is 22.7 Å². The quantitative estimate of drug-likeness (QED) is 0.683. The van der Waals surface area contributed by atoms with Gasteiger partial charge in [-0.3, -0.25) is 15.0 Å². The van der Waals surface area contributed by atoms with Crippen LogP contribution >= 0.6 is 15.9 Å². The topological polar surface area (TPSA) is 66.6 Å². The van der Waals surface area contributed by atoms with Crippen LogP contribution in [-0.2, 0) is 6.54 Å². The zero-order valence-corrected chi connectivity index (χ0v) is 11.5. The van der Waals surface area contributed by atoms with E-state index >= 15 is 0 Å². The number of aliphatic hydroxyl groups excluding tert-OH is 1. The van der Waals surface area contributed by atoms with Crippen molar-refractivity contribution in [2.45, 2.75) is 13.0 Å². The Morgan fingerprint density at radius 3 is 2.94 bits per heavy atom. The van der Waals surface area contributed by atoms with Crippen LogP contribution in [0.5, 0.6) is 0 Å². The summed E-state index contributed by atoms with van der Waals surface area (Å²) < 4.78 is 0.558. The fourth-order valence-corrected chi connectivity index (χ4v) is 2.81. The van der Waals surface area contributed by atoms with Gasteiger partial charge in [-0.1, -0.05) is 12.1 Å². The lowest BCUT2D eigenvalue weighted by molar-refractivity contribution is -0.385. The van der Waals surface area contributed by atoms with Crippen LogP contribution in [-0.4, -0.2) is 34.6 Å². The molecule has 2 rings (SSSR count). The number of rotatable bonds is 4. The number of aliphatic hydroxyl groups is 1. The standard InChI is InChI=1S/C12H15BrN2O3/c13-12-10(2-1-3-11(12)15(17)18)7-14-5-4-9(6-14)8-16/h1-3,9,16H,4-8H2. The third-order valence-electron chi connectivity index (χ3n) is 3.28. The first-order valence-corrected chi connectivity index (χ1v) is 6.66. The van der Waals surface area contributed by atoms with Gasteiger partial charge in [-0.2, -0.15) is 0 Å². The molecule has 0 aromatic heterocycles. The van der Waals surface area contributed by atoms with E-state index in [1.54, 1.807) is 6.07 Å². The van der Waals surface area contributed by atoms with E-state index in [0.717, 1.165) is 25.1 Å². The molecule has 1 atom stereocenters. The van der Waals surface area contributed by atoms with Gasteiger partial charge in [0.15, 0.2) is 0 Å². The van der Waals surface area contributed by atoms with Crippen LogP contribution < -0.4 is 0 Å². The zero-order chi connectivity index (χ0) is 13.1. The highest BCUT2D eigenvalue weighted by molar-refractivity contribution is 9.10.